The molecule has 106 valence electrons. The van der Waals surface area contributed by atoms with E-state index in [4.69, 9.17) is 22.1 Å². The van der Waals surface area contributed by atoms with Crippen LogP contribution in [0.2, 0.25) is 5.02 Å². The number of ether oxygens (including phenoxy) is 1. The molecule has 0 radical (unpaired) electrons. The molecule has 0 heterocycles. The van der Waals surface area contributed by atoms with E-state index < -0.39 is 10.8 Å². The highest BCUT2D eigenvalue weighted by molar-refractivity contribution is 9.10. The summed E-state index contributed by atoms with van der Waals surface area (Å²) in [6, 6.07) is 12.5. The van der Waals surface area contributed by atoms with Crippen LogP contribution in [0.1, 0.15) is 0 Å². The van der Waals surface area contributed by atoms with Gasteiger partial charge >= 0.3 is 0 Å². The van der Waals surface area contributed by atoms with E-state index >= 15 is 0 Å². The topological polar surface area (TPSA) is 52.3 Å². The minimum atomic E-state index is -1.16. The summed E-state index contributed by atoms with van der Waals surface area (Å²) >= 11 is 9.28. The molecule has 2 aromatic rings. The van der Waals surface area contributed by atoms with Crippen molar-refractivity contribution in [2.45, 2.75) is 4.90 Å². The molecule has 6 heteroatoms. The van der Waals surface area contributed by atoms with Crippen molar-refractivity contribution in [2.75, 3.05) is 18.1 Å². The van der Waals surface area contributed by atoms with E-state index in [2.05, 4.69) is 15.9 Å². The standard InChI is InChI=1S/C14H13BrClNO2S/c15-10-2-1-3-11(8-10)19-6-7-20(18)12-4-5-14(17)13(16)9-12/h1-5,8-9H,6-7,17H2. The molecular formula is C14H13BrClNO2S. The summed E-state index contributed by atoms with van der Waals surface area (Å²) in [7, 11) is -1.16. The predicted molar refractivity (Wildman–Crippen MR) is 86.8 cm³/mol. The minimum absolute atomic E-state index is 0.366. The van der Waals surface area contributed by atoms with Crippen LogP contribution in [0.3, 0.4) is 0 Å². The molecular weight excluding hydrogens is 362 g/mol. The van der Waals surface area contributed by atoms with Crippen molar-refractivity contribution in [3.63, 3.8) is 0 Å². The highest BCUT2D eigenvalue weighted by Gasteiger charge is 2.06. The highest BCUT2D eigenvalue weighted by atomic mass is 79.9. The molecule has 0 amide bonds. The number of hydrogen-bond acceptors (Lipinski definition) is 3. The summed E-state index contributed by atoms with van der Waals surface area (Å²) in [6.07, 6.45) is 0. The van der Waals surface area contributed by atoms with E-state index in [0.29, 0.717) is 28.0 Å². The summed E-state index contributed by atoms with van der Waals surface area (Å²) in [5.41, 5.74) is 6.10. The summed E-state index contributed by atoms with van der Waals surface area (Å²) in [4.78, 5) is 0.655. The van der Waals surface area contributed by atoms with E-state index in [0.717, 1.165) is 10.2 Å². The molecule has 0 saturated carbocycles. The zero-order valence-corrected chi connectivity index (χ0v) is 13.7. The SMILES string of the molecule is Nc1ccc(S(=O)CCOc2cccc(Br)c2)cc1Cl. The first-order valence-corrected chi connectivity index (χ1v) is 8.37. The van der Waals surface area contributed by atoms with Crippen LogP contribution >= 0.6 is 27.5 Å². The number of rotatable bonds is 5. The maximum atomic E-state index is 12.1. The molecule has 2 N–H and O–H groups in total. The number of nitrogens with two attached hydrogens (primary N) is 1. The second-order valence-electron chi connectivity index (χ2n) is 4.04. The quantitative estimate of drug-likeness (QED) is 0.808. The van der Waals surface area contributed by atoms with Crippen molar-refractivity contribution >= 4 is 44.0 Å². The Morgan fingerprint density at radius 2 is 2.05 bits per heavy atom. The van der Waals surface area contributed by atoms with E-state index in [1.165, 1.54) is 0 Å². The first kappa shape index (κ1) is 15.4. The van der Waals surface area contributed by atoms with Gasteiger partial charge in [-0.1, -0.05) is 33.6 Å². The Morgan fingerprint density at radius 3 is 2.75 bits per heavy atom. The van der Waals surface area contributed by atoms with Crippen molar-refractivity contribution in [2.24, 2.45) is 0 Å². The van der Waals surface area contributed by atoms with Gasteiger partial charge in [-0.2, -0.15) is 0 Å². The fraction of sp³-hybridized carbons (Fsp3) is 0.143. The molecule has 0 aliphatic carbocycles. The first-order valence-electron chi connectivity index (χ1n) is 5.88. The third-order valence-corrected chi connectivity index (χ3v) is 4.71. The van der Waals surface area contributed by atoms with E-state index in [1.54, 1.807) is 18.2 Å². The Kier molecular flexibility index (Phi) is 5.46. The lowest BCUT2D eigenvalue weighted by Crippen LogP contribution is -2.08. The van der Waals surface area contributed by atoms with Crippen molar-refractivity contribution in [1.29, 1.82) is 0 Å². The summed E-state index contributed by atoms with van der Waals surface area (Å²) in [6.45, 7) is 0.366. The summed E-state index contributed by atoms with van der Waals surface area (Å²) in [5.74, 6) is 1.14. The molecule has 2 aromatic carbocycles. The number of halogens is 2. The minimum Gasteiger partial charge on any atom is -0.493 e. The molecule has 3 nitrogen and oxygen atoms in total. The third kappa shape index (κ3) is 4.23. The van der Waals surface area contributed by atoms with E-state index in [9.17, 15) is 4.21 Å². The molecule has 0 saturated heterocycles. The molecule has 20 heavy (non-hydrogen) atoms. The van der Waals surface area contributed by atoms with Gasteiger partial charge in [0.2, 0.25) is 0 Å². The van der Waals surface area contributed by atoms with Crippen LogP contribution in [0.15, 0.2) is 51.8 Å². The van der Waals surface area contributed by atoms with Gasteiger partial charge in [-0.3, -0.25) is 4.21 Å². The average Bonchev–Trinajstić information content (AvgIpc) is 2.42. The van der Waals surface area contributed by atoms with Gasteiger partial charge < -0.3 is 10.5 Å². The second kappa shape index (κ2) is 7.11. The summed E-state index contributed by atoms with van der Waals surface area (Å²) in [5, 5.41) is 0.420. The van der Waals surface area contributed by atoms with Gasteiger partial charge in [0.1, 0.15) is 12.4 Å². The number of nitrogen functional groups attached to an aromatic ring is 1. The predicted octanol–water partition coefficient (Wildman–Crippen LogP) is 3.87. The molecule has 0 fully saturated rings. The normalized spacial score (nSPS) is 12.1. The average molecular weight is 375 g/mol. The van der Waals surface area contributed by atoms with Crippen LogP contribution < -0.4 is 10.5 Å². The van der Waals surface area contributed by atoms with Crippen molar-refractivity contribution in [3.05, 3.63) is 52.0 Å². The number of benzene rings is 2. The van der Waals surface area contributed by atoms with Crippen LogP contribution in [0, 0.1) is 0 Å². The van der Waals surface area contributed by atoms with Gasteiger partial charge in [-0.05, 0) is 36.4 Å². The number of anilines is 1. The van der Waals surface area contributed by atoms with Crippen LogP contribution in [-0.2, 0) is 10.8 Å². The van der Waals surface area contributed by atoms with Crippen LogP contribution in [0.4, 0.5) is 5.69 Å². The van der Waals surface area contributed by atoms with Crippen molar-refractivity contribution < 1.29 is 8.95 Å². The Morgan fingerprint density at radius 1 is 1.25 bits per heavy atom. The molecule has 1 atom stereocenters. The monoisotopic (exact) mass is 373 g/mol. The van der Waals surface area contributed by atoms with Gasteiger partial charge in [0.05, 0.1) is 27.3 Å². The molecule has 2 rings (SSSR count). The third-order valence-electron chi connectivity index (χ3n) is 2.57. The Hall–Kier alpha value is -1.04. The smallest absolute Gasteiger partial charge is 0.120 e. The molecule has 0 aromatic heterocycles. The lowest BCUT2D eigenvalue weighted by atomic mass is 10.3. The van der Waals surface area contributed by atoms with Crippen LogP contribution in [-0.4, -0.2) is 16.6 Å². The lowest BCUT2D eigenvalue weighted by molar-refractivity contribution is 0.342. The Labute approximate surface area is 133 Å². The van der Waals surface area contributed by atoms with Crippen LogP contribution in [0.25, 0.3) is 0 Å². The van der Waals surface area contributed by atoms with Gasteiger partial charge in [-0.25, -0.2) is 0 Å². The molecule has 0 aliphatic rings. The molecule has 0 aliphatic heterocycles. The fourth-order valence-electron chi connectivity index (χ4n) is 1.56. The second-order valence-corrected chi connectivity index (χ2v) is 6.93. The first-order chi connectivity index (χ1) is 9.56. The largest absolute Gasteiger partial charge is 0.493 e. The zero-order chi connectivity index (χ0) is 14.5. The highest BCUT2D eigenvalue weighted by Crippen LogP contribution is 2.22. The van der Waals surface area contributed by atoms with Gasteiger partial charge in [-0.15, -0.1) is 0 Å². The molecule has 0 spiro atoms. The Balaban J connectivity index is 1.90. The van der Waals surface area contributed by atoms with E-state index in [1.807, 2.05) is 24.3 Å². The number of hydrogen-bond donors (Lipinski definition) is 1. The van der Waals surface area contributed by atoms with Gasteiger partial charge in [0, 0.05) is 9.37 Å². The van der Waals surface area contributed by atoms with E-state index in [-0.39, 0.29) is 0 Å². The van der Waals surface area contributed by atoms with Crippen molar-refractivity contribution in [3.8, 4) is 5.75 Å². The maximum Gasteiger partial charge on any atom is 0.120 e. The summed E-state index contributed by atoms with van der Waals surface area (Å²) < 4.78 is 18.6. The molecule has 0 bridgehead atoms. The lowest BCUT2D eigenvalue weighted by Gasteiger charge is -2.07. The van der Waals surface area contributed by atoms with Gasteiger partial charge in [0.15, 0.2) is 0 Å². The maximum absolute atomic E-state index is 12.1. The fourth-order valence-corrected chi connectivity index (χ4v) is 3.12. The van der Waals surface area contributed by atoms with Crippen molar-refractivity contribution in [1.82, 2.24) is 0 Å². The van der Waals surface area contributed by atoms with Gasteiger partial charge in [0.25, 0.3) is 0 Å². The van der Waals surface area contributed by atoms with Crippen LogP contribution in [0.5, 0.6) is 5.75 Å². The zero-order valence-electron chi connectivity index (χ0n) is 10.5. The Bertz CT molecular complexity index is 636. The molecule has 1 unspecified atom stereocenters.